The van der Waals surface area contributed by atoms with E-state index in [1.54, 1.807) is 0 Å². The molecule has 5 heteroatoms. The summed E-state index contributed by atoms with van der Waals surface area (Å²) in [4.78, 5) is 6.02. The minimum Gasteiger partial charge on any atom is -0.338 e. The lowest BCUT2D eigenvalue weighted by molar-refractivity contribution is 0.362. The van der Waals surface area contributed by atoms with Crippen LogP contribution >= 0.6 is 11.8 Å². The van der Waals surface area contributed by atoms with Crippen LogP contribution in [0.4, 0.5) is 0 Å². The molecule has 2 aliphatic rings. The van der Waals surface area contributed by atoms with E-state index in [1.807, 2.05) is 11.8 Å². The van der Waals surface area contributed by atoms with Gasteiger partial charge in [-0.25, -0.2) is 0 Å². The molecular weight excluding hydrogens is 282 g/mol. The number of nitrogens with one attached hydrogen (secondary N) is 1. The molecule has 2 aliphatic heterocycles. The van der Waals surface area contributed by atoms with Gasteiger partial charge >= 0.3 is 0 Å². The van der Waals surface area contributed by atoms with Gasteiger partial charge in [-0.15, -0.1) is 11.8 Å². The molecule has 2 aromatic rings. The number of aromatic nitrogens is 2. The summed E-state index contributed by atoms with van der Waals surface area (Å²) in [6.45, 7) is 1.05. The highest BCUT2D eigenvalue weighted by atomic mass is 32.2. The molecule has 0 amide bonds. The topological polar surface area (TPSA) is 51.0 Å². The predicted molar refractivity (Wildman–Crippen MR) is 82.3 cm³/mol. The Morgan fingerprint density at radius 2 is 2.14 bits per heavy atom. The van der Waals surface area contributed by atoms with Crippen molar-refractivity contribution in [1.82, 2.24) is 15.5 Å². The summed E-state index contributed by atoms with van der Waals surface area (Å²) in [5.74, 6) is 1.61. The van der Waals surface area contributed by atoms with E-state index >= 15 is 0 Å². The molecule has 1 aromatic heterocycles. The number of fused-ring (bicyclic) bond motifs is 1. The predicted octanol–water partition coefficient (Wildman–Crippen LogP) is 3.66. The van der Waals surface area contributed by atoms with Crippen molar-refractivity contribution < 1.29 is 4.52 Å². The Morgan fingerprint density at radius 1 is 1.19 bits per heavy atom. The fraction of sp³-hybridized carbons (Fsp3) is 0.500. The van der Waals surface area contributed by atoms with Crippen LogP contribution in [0.5, 0.6) is 0 Å². The molecule has 1 aromatic carbocycles. The Morgan fingerprint density at radius 3 is 3.10 bits per heavy atom. The van der Waals surface area contributed by atoms with E-state index in [-0.39, 0.29) is 11.3 Å². The highest BCUT2D eigenvalue weighted by molar-refractivity contribution is 7.99. The smallest absolute Gasteiger partial charge is 0.240 e. The Labute approximate surface area is 128 Å². The number of thioether (sulfide) groups is 1. The van der Waals surface area contributed by atoms with Crippen molar-refractivity contribution in [1.29, 1.82) is 0 Å². The van der Waals surface area contributed by atoms with E-state index in [0.29, 0.717) is 0 Å². The minimum atomic E-state index is 0.263. The molecule has 0 aliphatic carbocycles. The summed E-state index contributed by atoms with van der Waals surface area (Å²) in [5, 5.41) is 8.03. The fourth-order valence-corrected chi connectivity index (χ4v) is 4.31. The maximum Gasteiger partial charge on any atom is 0.240 e. The van der Waals surface area contributed by atoms with Gasteiger partial charge in [-0.3, -0.25) is 0 Å². The molecule has 0 bridgehead atoms. The molecule has 3 heterocycles. The van der Waals surface area contributed by atoms with Crippen LogP contribution in [-0.4, -0.2) is 16.7 Å². The SMILES string of the molecule is c1ccc2c(c1)CC(c1nc(C3CCCCCN3)no1)S2. The van der Waals surface area contributed by atoms with Gasteiger partial charge in [0.15, 0.2) is 5.82 Å². The Balaban J connectivity index is 1.50. The molecular formula is C16H19N3OS. The van der Waals surface area contributed by atoms with Gasteiger partial charge in [0.2, 0.25) is 5.89 Å². The standard InChI is InChI=1S/C16H19N3OS/c1-2-7-12(17-9-5-1)15-18-16(20-19-15)14-10-11-6-3-4-8-13(11)21-14/h3-4,6,8,12,14,17H,1-2,5,7,9-10H2. The molecule has 1 saturated heterocycles. The van der Waals surface area contributed by atoms with Gasteiger partial charge in [0.1, 0.15) is 0 Å². The third-order valence-corrected chi connectivity index (χ3v) is 5.56. The molecule has 1 fully saturated rings. The van der Waals surface area contributed by atoms with Crippen molar-refractivity contribution in [3.05, 3.63) is 41.5 Å². The van der Waals surface area contributed by atoms with E-state index in [9.17, 15) is 0 Å². The number of hydrogen-bond acceptors (Lipinski definition) is 5. The van der Waals surface area contributed by atoms with E-state index in [4.69, 9.17) is 4.52 Å². The highest BCUT2D eigenvalue weighted by Gasteiger charge is 2.29. The van der Waals surface area contributed by atoms with Crippen molar-refractivity contribution in [2.75, 3.05) is 6.54 Å². The summed E-state index contributed by atoms with van der Waals surface area (Å²) >= 11 is 1.84. The van der Waals surface area contributed by atoms with Crippen LogP contribution in [0.15, 0.2) is 33.7 Å². The third-order valence-electron chi connectivity index (χ3n) is 4.25. The second kappa shape index (κ2) is 5.81. The molecule has 110 valence electrons. The number of hydrogen-bond donors (Lipinski definition) is 1. The molecule has 2 unspecified atom stereocenters. The van der Waals surface area contributed by atoms with Crippen molar-refractivity contribution in [2.45, 2.75) is 48.3 Å². The van der Waals surface area contributed by atoms with Gasteiger partial charge < -0.3 is 9.84 Å². The normalized spacial score (nSPS) is 25.5. The monoisotopic (exact) mass is 301 g/mol. The van der Waals surface area contributed by atoms with Gasteiger partial charge in [0.25, 0.3) is 0 Å². The summed E-state index contributed by atoms with van der Waals surface area (Å²) in [6, 6.07) is 8.80. The van der Waals surface area contributed by atoms with Gasteiger partial charge in [-0.2, -0.15) is 4.98 Å². The Kier molecular flexibility index (Phi) is 3.69. The summed E-state index contributed by atoms with van der Waals surface area (Å²) in [7, 11) is 0. The largest absolute Gasteiger partial charge is 0.338 e. The zero-order chi connectivity index (χ0) is 14.1. The van der Waals surface area contributed by atoms with Crippen LogP contribution in [0.3, 0.4) is 0 Å². The third kappa shape index (κ3) is 2.72. The van der Waals surface area contributed by atoms with Gasteiger partial charge in [-0.1, -0.05) is 36.2 Å². The molecule has 4 nitrogen and oxygen atoms in total. The second-order valence-corrected chi connectivity index (χ2v) is 7.01. The molecule has 21 heavy (non-hydrogen) atoms. The zero-order valence-electron chi connectivity index (χ0n) is 11.9. The van der Waals surface area contributed by atoms with E-state index in [2.05, 4.69) is 39.7 Å². The maximum absolute atomic E-state index is 5.55. The van der Waals surface area contributed by atoms with E-state index in [0.717, 1.165) is 31.1 Å². The number of nitrogens with zero attached hydrogens (tertiary/aromatic N) is 2. The Hall–Kier alpha value is -1.33. The first kappa shape index (κ1) is 13.3. The summed E-state index contributed by atoms with van der Waals surface area (Å²) < 4.78 is 5.55. The number of rotatable bonds is 2. The van der Waals surface area contributed by atoms with E-state index in [1.165, 1.54) is 29.7 Å². The average Bonchev–Trinajstić information content (AvgIpc) is 3.07. The highest BCUT2D eigenvalue weighted by Crippen LogP contribution is 2.45. The van der Waals surface area contributed by atoms with Crippen LogP contribution in [0.2, 0.25) is 0 Å². The number of benzene rings is 1. The lowest BCUT2D eigenvalue weighted by Crippen LogP contribution is -2.21. The first-order valence-corrected chi connectivity index (χ1v) is 8.59. The van der Waals surface area contributed by atoms with Gasteiger partial charge in [-0.05, 0) is 37.4 Å². The Bertz CT molecular complexity index is 594. The first-order valence-electron chi connectivity index (χ1n) is 7.71. The fourth-order valence-electron chi connectivity index (χ4n) is 3.09. The van der Waals surface area contributed by atoms with Crippen LogP contribution in [0, 0.1) is 0 Å². The van der Waals surface area contributed by atoms with Crippen LogP contribution in [-0.2, 0) is 6.42 Å². The summed E-state index contributed by atoms with van der Waals surface area (Å²) in [6.07, 6.45) is 5.87. The maximum atomic E-state index is 5.55. The molecule has 0 saturated carbocycles. The van der Waals surface area contributed by atoms with E-state index < -0.39 is 0 Å². The van der Waals surface area contributed by atoms with Crippen molar-refractivity contribution in [3.8, 4) is 0 Å². The molecule has 0 radical (unpaired) electrons. The van der Waals surface area contributed by atoms with Crippen molar-refractivity contribution in [3.63, 3.8) is 0 Å². The van der Waals surface area contributed by atoms with Crippen LogP contribution in [0.1, 0.15) is 54.3 Å². The quantitative estimate of drug-likeness (QED) is 0.917. The molecule has 4 rings (SSSR count). The van der Waals surface area contributed by atoms with Gasteiger partial charge in [0.05, 0.1) is 11.3 Å². The van der Waals surface area contributed by atoms with Crippen molar-refractivity contribution >= 4 is 11.8 Å². The lowest BCUT2D eigenvalue weighted by atomic mass is 10.1. The van der Waals surface area contributed by atoms with Gasteiger partial charge in [0, 0.05) is 4.90 Å². The lowest BCUT2D eigenvalue weighted by Gasteiger charge is -2.10. The minimum absolute atomic E-state index is 0.263. The summed E-state index contributed by atoms with van der Waals surface area (Å²) in [5.41, 5.74) is 1.39. The average molecular weight is 301 g/mol. The van der Waals surface area contributed by atoms with Crippen molar-refractivity contribution in [2.24, 2.45) is 0 Å². The van der Waals surface area contributed by atoms with Crippen LogP contribution in [0.25, 0.3) is 0 Å². The second-order valence-electron chi connectivity index (χ2n) is 5.77. The van der Waals surface area contributed by atoms with Crippen LogP contribution < -0.4 is 5.32 Å². The molecule has 0 spiro atoms. The molecule has 1 N–H and O–H groups in total. The molecule has 2 atom stereocenters. The first-order chi connectivity index (χ1) is 10.4. The zero-order valence-corrected chi connectivity index (χ0v) is 12.7.